The number of furan rings is 1. The van der Waals surface area contributed by atoms with Gasteiger partial charge in [-0.15, -0.1) is 0 Å². The lowest BCUT2D eigenvalue weighted by molar-refractivity contribution is -0.140. The number of nitrogens with zero attached hydrogens (tertiary/aromatic N) is 3. The van der Waals surface area contributed by atoms with Crippen molar-refractivity contribution in [2.24, 2.45) is 0 Å². The number of aryl methyl sites for hydroxylation is 1. The highest BCUT2D eigenvalue weighted by Gasteiger charge is 2.25. The fourth-order valence-electron chi connectivity index (χ4n) is 3.00. The fourth-order valence-corrected chi connectivity index (χ4v) is 3.00. The summed E-state index contributed by atoms with van der Waals surface area (Å²) >= 11 is 0. The van der Waals surface area contributed by atoms with Crippen LogP contribution in [-0.4, -0.2) is 65.6 Å². The summed E-state index contributed by atoms with van der Waals surface area (Å²) in [4.78, 5) is 34.9. The number of hydrogen-bond donors (Lipinski definition) is 1. The third-order valence-corrected chi connectivity index (χ3v) is 4.63. The molecule has 0 aromatic carbocycles. The fraction of sp³-hybridized carbons (Fsp3) is 0.455. The van der Waals surface area contributed by atoms with Crippen molar-refractivity contribution in [3.63, 3.8) is 0 Å². The standard InChI is InChI=1S/C22H28N4O5/c1-15(2)22-24-16(3)11-20(25-22)31-14-18-13-26(8-10-30-18)21(28)12-23-19(27)7-6-17-5-4-9-29-17/h4-7,9,11,15,18H,8,10,12-14H2,1-3H3,(H,23,27). The highest BCUT2D eigenvalue weighted by atomic mass is 16.5. The van der Waals surface area contributed by atoms with Crippen LogP contribution < -0.4 is 10.1 Å². The molecule has 0 radical (unpaired) electrons. The van der Waals surface area contributed by atoms with Crippen molar-refractivity contribution >= 4 is 17.9 Å². The number of aromatic nitrogens is 2. The molecule has 2 amide bonds. The van der Waals surface area contributed by atoms with Crippen molar-refractivity contribution in [2.75, 3.05) is 32.8 Å². The molecule has 1 aliphatic rings. The van der Waals surface area contributed by atoms with Crippen molar-refractivity contribution in [3.05, 3.63) is 47.8 Å². The first-order chi connectivity index (χ1) is 14.9. The molecule has 0 saturated carbocycles. The highest BCUT2D eigenvalue weighted by molar-refractivity contribution is 5.94. The molecule has 31 heavy (non-hydrogen) atoms. The van der Waals surface area contributed by atoms with E-state index in [1.807, 2.05) is 20.8 Å². The Hall–Kier alpha value is -3.20. The van der Waals surface area contributed by atoms with Crippen LogP contribution in [-0.2, 0) is 14.3 Å². The van der Waals surface area contributed by atoms with Crippen LogP contribution in [0.1, 0.15) is 37.0 Å². The van der Waals surface area contributed by atoms with Crippen LogP contribution in [0.2, 0.25) is 0 Å². The van der Waals surface area contributed by atoms with E-state index in [1.165, 1.54) is 12.3 Å². The second-order valence-electron chi connectivity index (χ2n) is 7.57. The van der Waals surface area contributed by atoms with Gasteiger partial charge in [-0.3, -0.25) is 9.59 Å². The molecule has 2 aromatic rings. The quantitative estimate of drug-likeness (QED) is 0.640. The van der Waals surface area contributed by atoms with Gasteiger partial charge >= 0.3 is 0 Å². The zero-order chi connectivity index (χ0) is 22.2. The number of morpholine rings is 1. The lowest BCUT2D eigenvalue weighted by Crippen LogP contribution is -2.50. The summed E-state index contributed by atoms with van der Waals surface area (Å²) < 4.78 is 16.7. The van der Waals surface area contributed by atoms with Crippen LogP contribution in [0.3, 0.4) is 0 Å². The largest absolute Gasteiger partial charge is 0.475 e. The number of ether oxygens (including phenoxy) is 2. The molecule has 166 valence electrons. The van der Waals surface area contributed by atoms with Gasteiger partial charge in [-0.1, -0.05) is 13.8 Å². The molecule has 1 fully saturated rings. The number of amides is 2. The molecule has 1 N–H and O–H groups in total. The smallest absolute Gasteiger partial charge is 0.244 e. The van der Waals surface area contributed by atoms with Crippen LogP contribution in [0.4, 0.5) is 0 Å². The zero-order valence-electron chi connectivity index (χ0n) is 18.0. The molecule has 1 saturated heterocycles. The van der Waals surface area contributed by atoms with Crippen LogP contribution in [0.15, 0.2) is 35.0 Å². The van der Waals surface area contributed by atoms with Crippen molar-refractivity contribution in [1.29, 1.82) is 0 Å². The Morgan fingerprint density at radius 1 is 1.39 bits per heavy atom. The van der Waals surface area contributed by atoms with Crippen molar-refractivity contribution in [1.82, 2.24) is 20.2 Å². The van der Waals surface area contributed by atoms with Crippen LogP contribution in [0.5, 0.6) is 5.88 Å². The third kappa shape index (κ3) is 6.92. The lowest BCUT2D eigenvalue weighted by atomic mass is 10.2. The Bertz CT molecular complexity index is 911. The maximum atomic E-state index is 12.5. The summed E-state index contributed by atoms with van der Waals surface area (Å²) in [5.74, 6) is 1.46. The predicted octanol–water partition coefficient (Wildman–Crippen LogP) is 1.94. The van der Waals surface area contributed by atoms with Crippen molar-refractivity contribution in [3.8, 4) is 5.88 Å². The van der Waals surface area contributed by atoms with Gasteiger partial charge < -0.3 is 24.1 Å². The van der Waals surface area contributed by atoms with Gasteiger partial charge in [-0.2, -0.15) is 4.98 Å². The maximum absolute atomic E-state index is 12.5. The summed E-state index contributed by atoms with van der Waals surface area (Å²) in [6, 6.07) is 5.25. The van der Waals surface area contributed by atoms with Gasteiger partial charge in [0.2, 0.25) is 17.7 Å². The van der Waals surface area contributed by atoms with Gasteiger partial charge in [0.25, 0.3) is 0 Å². The number of nitrogens with one attached hydrogen (secondary N) is 1. The first kappa shape index (κ1) is 22.5. The Morgan fingerprint density at radius 3 is 2.97 bits per heavy atom. The summed E-state index contributed by atoms with van der Waals surface area (Å²) in [5, 5.41) is 2.59. The van der Waals surface area contributed by atoms with E-state index in [9.17, 15) is 9.59 Å². The van der Waals surface area contributed by atoms with Crippen molar-refractivity contribution < 1.29 is 23.5 Å². The SMILES string of the molecule is Cc1cc(OCC2CN(C(=O)CNC(=O)C=Cc3ccco3)CCO2)nc(C(C)C)n1. The monoisotopic (exact) mass is 428 g/mol. The molecular weight excluding hydrogens is 400 g/mol. The minimum absolute atomic E-state index is 0.0856. The van der Waals surface area contributed by atoms with E-state index in [2.05, 4.69) is 15.3 Å². The van der Waals surface area contributed by atoms with Crippen LogP contribution >= 0.6 is 0 Å². The van der Waals surface area contributed by atoms with E-state index in [1.54, 1.807) is 29.2 Å². The second-order valence-corrected chi connectivity index (χ2v) is 7.57. The van der Waals surface area contributed by atoms with E-state index in [0.29, 0.717) is 31.3 Å². The molecule has 9 nitrogen and oxygen atoms in total. The molecule has 1 aliphatic heterocycles. The predicted molar refractivity (Wildman–Crippen MR) is 113 cm³/mol. The topological polar surface area (TPSA) is 107 Å². The molecule has 3 heterocycles. The number of carbonyl (C=O) groups is 2. The number of carbonyl (C=O) groups excluding carboxylic acids is 2. The first-order valence-corrected chi connectivity index (χ1v) is 10.3. The Balaban J connectivity index is 1.45. The molecular formula is C22H28N4O5. The molecule has 0 aliphatic carbocycles. The molecule has 2 aromatic heterocycles. The van der Waals surface area contributed by atoms with Gasteiger partial charge in [0.15, 0.2) is 0 Å². The highest BCUT2D eigenvalue weighted by Crippen LogP contribution is 2.16. The number of rotatable bonds is 8. The van der Waals surface area contributed by atoms with Gasteiger partial charge in [0.05, 0.1) is 26.0 Å². The molecule has 9 heteroatoms. The van der Waals surface area contributed by atoms with E-state index >= 15 is 0 Å². The first-order valence-electron chi connectivity index (χ1n) is 10.3. The second kappa shape index (κ2) is 10.7. The molecule has 1 unspecified atom stereocenters. The summed E-state index contributed by atoms with van der Waals surface area (Å²) in [6.45, 7) is 7.40. The minimum Gasteiger partial charge on any atom is -0.475 e. The normalized spacial score (nSPS) is 16.6. The van der Waals surface area contributed by atoms with E-state index in [4.69, 9.17) is 13.9 Å². The molecule has 3 rings (SSSR count). The molecule has 0 spiro atoms. The van der Waals surface area contributed by atoms with Crippen molar-refractivity contribution in [2.45, 2.75) is 32.8 Å². The van der Waals surface area contributed by atoms with Gasteiger partial charge in [0, 0.05) is 30.3 Å². The minimum atomic E-state index is -0.363. The van der Waals surface area contributed by atoms with Crippen LogP contribution in [0, 0.1) is 6.92 Å². The maximum Gasteiger partial charge on any atom is 0.244 e. The summed E-state index contributed by atoms with van der Waals surface area (Å²) in [5.41, 5.74) is 0.840. The average molecular weight is 428 g/mol. The van der Waals surface area contributed by atoms with E-state index in [0.717, 1.165) is 11.5 Å². The van der Waals surface area contributed by atoms with Gasteiger partial charge in [-0.25, -0.2) is 4.98 Å². The number of hydrogen-bond acceptors (Lipinski definition) is 7. The molecule has 1 atom stereocenters. The zero-order valence-corrected chi connectivity index (χ0v) is 18.0. The van der Waals surface area contributed by atoms with E-state index < -0.39 is 0 Å². The summed E-state index contributed by atoms with van der Waals surface area (Å²) in [7, 11) is 0. The van der Waals surface area contributed by atoms with Gasteiger partial charge in [-0.05, 0) is 25.1 Å². The Morgan fingerprint density at radius 2 is 2.23 bits per heavy atom. The lowest BCUT2D eigenvalue weighted by Gasteiger charge is -2.32. The van der Waals surface area contributed by atoms with E-state index in [-0.39, 0.29) is 37.0 Å². The third-order valence-electron chi connectivity index (χ3n) is 4.63. The Labute approximate surface area is 181 Å². The Kier molecular flexibility index (Phi) is 7.77. The average Bonchev–Trinajstić information content (AvgIpc) is 3.28. The summed E-state index contributed by atoms with van der Waals surface area (Å²) in [6.07, 6.45) is 4.12. The van der Waals surface area contributed by atoms with Gasteiger partial charge in [0.1, 0.15) is 24.3 Å². The molecule has 0 bridgehead atoms. The van der Waals surface area contributed by atoms with Crippen LogP contribution in [0.25, 0.3) is 6.08 Å².